The molecular weight excluding hydrogens is 334 g/mol. The lowest BCUT2D eigenvalue weighted by Crippen LogP contribution is -2.36. The third kappa shape index (κ3) is 4.14. The van der Waals surface area contributed by atoms with Crippen LogP contribution in [0.5, 0.6) is 0 Å². The second-order valence-electron chi connectivity index (χ2n) is 7.78. The largest absolute Gasteiger partial charge is 0.356 e. The van der Waals surface area contributed by atoms with Crippen molar-refractivity contribution >= 4 is 16.7 Å². The second kappa shape index (κ2) is 8.09. The van der Waals surface area contributed by atoms with Gasteiger partial charge in [-0.15, -0.1) is 0 Å². The Morgan fingerprint density at radius 3 is 2.93 bits per heavy atom. The van der Waals surface area contributed by atoms with Crippen LogP contribution < -0.4 is 4.90 Å². The molecule has 0 N–H and O–H groups in total. The lowest BCUT2D eigenvalue weighted by molar-refractivity contribution is 0.380. The molecule has 5 heteroatoms. The van der Waals surface area contributed by atoms with Gasteiger partial charge in [-0.05, 0) is 58.1 Å². The van der Waals surface area contributed by atoms with Crippen molar-refractivity contribution in [3.63, 3.8) is 0 Å². The van der Waals surface area contributed by atoms with Gasteiger partial charge in [0.25, 0.3) is 0 Å². The highest BCUT2D eigenvalue weighted by Crippen LogP contribution is 2.29. The molecule has 0 radical (unpaired) electrons. The fourth-order valence-electron chi connectivity index (χ4n) is 4.05. The molecule has 0 bridgehead atoms. The van der Waals surface area contributed by atoms with Crippen LogP contribution in [-0.4, -0.2) is 53.2 Å². The molecule has 2 aromatic heterocycles. The van der Waals surface area contributed by atoms with E-state index in [1.165, 1.54) is 24.1 Å². The van der Waals surface area contributed by atoms with Gasteiger partial charge in [0.05, 0.1) is 5.52 Å². The van der Waals surface area contributed by atoms with Crippen molar-refractivity contribution in [1.82, 2.24) is 19.4 Å². The van der Waals surface area contributed by atoms with Crippen molar-refractivity contribution in [2.75, 3.05) is 38.6 Å². The number of pyridine rings is 1. The van der Waals surface area contributed by atoms with Gasteiger partial charge in [0.2, 0.25) is 0 Å². The van der Waals surface area contributed by atoms with Crippen LogP contribution in [-0.2, 0) is 6.54 Å². The van der Waals surface area contributed by atoms with E-state index in [2.05, 4.69) is 71.1 Å². The molecule has 3 aromatic rings. The molecule has 1 aliphatic rings. The molecule has 1 aromatic carbocycles. The minimum Gasteiger partial charge on any atom is -0.356 e. The van der Waals surface area contributed by atoms with E-state index in [-0.39, 0.29) is 0 Å². The predicted molar refractivity (Wildman–Crippen MR) is 111 cm³/mol. The maximum absolute atomic E-state index is 4.90. The van der Waals surface area contributed by atoms with Crippen LogP contribution in [0.1, 0.15) is 31.0 Å². The molecule has 0 aliphatic carbocycles. The first-order valence-electron chi connectivity index (χ1n) is 9.97. The number of piperidine rings is 1. The molecule has 0 amide bonds. The third-order valence-electron chi connectivity index (χ3n) is 5.45. The van der Waals surface area contributed by atoms with Gasteiger partial charge in [0.15, 0.2) is 0 Å². The van der Waals surface area contributed by atoms with Crippen LogP contribution in [0.25, 0.3) is 10.9 Å². The molecule has 1 fully saturated rings. The number of fused-ring (bicyclic) bond motifs is 1. The van der Waals surface area contributed by atoms with Crippen LogP contribution in [0.4, 0.5) is 5.82 Å². The maximum Gasteiger partial charge on any atom is 0.129 e. The van der Waals surface area contributed by atoms with E-state index in [4.69, 9.17) is 9.97 Å². The number of aryl methyl sites for hydroxylation is 1. The highest BCUT2D eigenvalue weighted by Gasteiger charge is 2.25. The smallest absolute Gasteiger partial charge is 0.129 e. The summed E-state index contributed by atoms with van der Waals surface area (Å²) in [5, 5.41) is 1.20. The molecule has 1 atom stereocenters. The Bertz CT molecular complexity index is 885. The van der Waals surface area contributed by atoms with Crippen molar-refractivity contribution in [2.45, 2.75) is 31.7 Å². The van der Waals surface area contributed by atoms with Crippen LogP contribution in [0.15, 0.2) is 48.8 Å². The molecule has 5 nitrogen and oxygen atoms in total. The van der Waals surface area contributed by atoms with E-state index in [0.29, 0.717) is 5.92 Å². The van der Waals surface area contributed by atoms with Crippen LogP contribution in [0.2, 0.25) is 0 Å². The predicted octanol–water partition coefficient (Wildman–Crippen LogP) is 3.77. The first kappa shape index (κ1) is 18.0. The van der Waals surface area contributed by atoms with E-state index in [9.17, 15) is 0 Å². The highest BCUT2D eigenvalue weighted by molar-refractivity contribution is 5.80. The number of para-hydroxylation sites is 1. The summed E-state index contributed by atoms with van der Waals surface area (Å²) < 4.78 is 2.35. The van der Waals surface area contributed by atoms with Gasteiger partial charge in [-0.1, -0.05) is 18.2 Å². The van der Waals surface area contributed by atoms with Gasteiger partial charge in [-0.25, -0.2) is 9.97 Å². The Balaban J connectivity index is 1.49. The quantitative estimate of drug-likeness (QED) is 0.668. The number of rotatable bonds is 6. The number of imidazole rings is 1. The SMILES string of the molecule is CN(C)CCCn1ccnc1C1CCCN(c2ccc3ccccc3n2)C1. The minimum absolute atomic E-state index is 0.473. The summed E-state index contributed by atoms with van der Waals surface area (Å²) in [7, 11) is 4.26. The Hall–Kier alpha value is -2.40. The average Bonchev–Trinajstić information content (AvgIpc) is 3.16. The van der Waals surface area contributed by atoms with Crippen molar-refractivity contribution < 1.29 is 0 Å². The first-order valence-corrected chi connectivity index (χ1v) is 9.97. The zero-order valence-corrected chi connectivity index (χ0v) is 16.4. The molecule has 3 heterocycles. The number of hydrogen-bond acceptors (Lipinski definition) is 4. The first-order chi connectivity index (χ1) is 13.2. The highest BCUT2D eigenvalue weighted by atomic mass is 15.2. The summed E-state index contributed by atoms with van der Waals surface area (Å²) in [4.78, 5) is 14.3. The zero-order chi connectivity index (χ0) is 18.6. The fraction of sp³-hybridized carbons (Fsp3) is 0.455. The molecular formula is C22H29N5. The molecule has 0 spiro atoms. The molecule has 0 saturated carbocycles. The van der Waals surface area contributed by atoms with Crippen LogP contribution in [0.3, 0.4) is 0 Å². The van der Waals surface area contributed by atoms with E-state index < -0.39 is 0 Å². The summed E-state index contributed by atoms with van der Waals surface area (Å²) in [5.41, 5.74) is 1.07. The normalized spacial score (nSPS) is 17.7. The number of aromatic nitrogens is 3. The third-order valence-corrected chi connectivity index (χ3v) is 5.45. The summed E-state index contributed by atoms with van der Waals surface area (Å²) >= 11 is 0. The van der Waals surface area contributed by atoms with E-state index in [1.807, 2.05) is 6.20 Å². The van der Waals surface area contributed by atoms with Crippen molar-refractivity contribution in [2.24, 2.45) is 0 Å². The standard InChI is InChI=1S/C22H29N5/c1-25(2)13-6-15-26-16-12-23-22(26)19-8-5-14-27(17-19)21-11-10-18-7-3-4-9-20(18)24-21/h3-4,7,9-12,16,19H,5-6,8,13-15,17H2,1-2H3. The summed E-state index contributed by atoms with van der Waals surface area (Å²) in [6.45, 7) is 4.22. The second-order valence-corrected chi connectivity index (χ2v) is 7.78. The van der Waals surface area contributed by atoms with Gasteiger partial charge < -0.3 is 14.4 Å². The fourth-order valence-corrected chi connectivity index (χ4v) is 4.05. The number of hydrogen-bond donors (Lipinski definition) is 0. The van der Waals surface area contributed by atoms with Gasteiger partial charge >= 0.3 is 0 Å². The Morgan fingerprint density at radius 1 is 1.15 bits per heavy atom. The topological polar surface area (TPSA) is 37.2 Å². The van der Waals surface area contributed by atoms with E-state index in [0.717, 1.165) is 43.9 Å². The minimum atomic E-state index is 0.473. The Morgan fingerprint density at radius 2 is 2.04 bits per heavy atom. The number of anilines is 1. The monoisotopic (exact) mass is 363 g/mol. The molecule has 142 valence electrons. The van der Waals surface area contributed by atoms with Gasteiger partial charge in [-0.2, -0.15) is 0 Å². The summed E-state index contributed by atoms with van der Waals surface area (Å²) in [6, 6.07) is 12.7. The molecule has 4 rings (SSSR count). The average molecular weight is 364 g/mol. The Labute approximate surface area is 161 Å². The van der Waals surface area contributed by atoms with Crippen molar-refractivity contribution in [3.8, 4) is 0 Å². The van der Waals surface area contributed by atoms with E-state index >= 15 is 0 Å². The molecule has 27 heavy (non-hydrogen) atoms. The number of nitrogens with zero attached hydrogens (tertiary/aromatic N) is 5. The summed E-state index contributed by atoms with van der Waals surface area (Å²) in [6.07, 6.45) is 7.63. The van der Waals surface area contributed by atoms with Gasteiger partial charge in [0.1, 0.15) is 11.6 Å². The maximum atomic E-state index is 4.90. The lowest BCUT2D eigenvalue weighted by atomic mass is 9.97. The van der Waals surface area contributed by atoms with Crippen LogP contribution >= 0.6 is 0 Å². The van der Waals surface area contributed by atoms with Crippen LogP contribution in [0, 0.1) is 0 Å². The van der Waals surface area contributed by atoms with E-state index in [1.54, 1.807) is 0 Å². The number of benzene rings is 1. The Kier molecular flexibility index (Phi) is 5.39. The molecule has 1 unspecified atom stereocenters. The van der Waals surface area contributed by atoms with Gasteiger partial charge in [-0.3, -0.25) is 0 Å². The van der Waals surface area contributed by atoms with Crippen molar-refractivity contribution in [1.29, 1.82) is 0 Å². The zero-order valence-electron chi connectivity index (χ0n) is 16.4. The molecule has 1 saturated heterocycles. The molecule has 1 aliphatic heterocycles. The van der Waals surface area contributed by atoms with Crippen molar-refractivity contribution in [3.05, 3.63) is 54.6 Å². The summed E-state index contributed by atoms with van der Waals surface area (Å²) in [5.74, 6) is 2.80. The van der Waals surface area contributed by atoms with Gasteiger partial charge in [0, 0.05) is 43.3 Å². The lowest BCUT2D eigenvalue weighted by Gasteiger charge is -2.33.